The Hall–Kier alpha value is -4.35. The second-order valence-electron chi connectivity index (χ2n) is 12.2. The van der Waals surface area contributed by atoms with Crippen LogP contribution in [0, 0.1) is 20.8 Å². The van der Waals surface area contributed by atoms with Crippen molar-refractivity contribution in [2.45, 2.75) is 31.6 Å². The van der Waals surface area contributed by atoms with Crippen molar-refractivity contribution in [2.24, 2.45) is 0 Å². The lowest BCUT2D eigenvalue weighted by atomic mass is 10.0. The Kier molecular flexibility index (Phi) is 6.60. The molecule has 0 saturated heterocycles. The van der Waals surface area contributed by atoms with Crippen LogP contribution in [0.15, 0.2) is 121 Å². The Morgan fingerprint density at radius 2 is 0.750 bits per heavy atom. The highest BCUT2D eigenvalue weighted by Crippen LogP contribution is 2.35. The van der Waals surface area contributed by atoms with Crippen molar-refractivity contribution in [3.63, 3.8) is 0 Å². The van der Waals surface area contributed by atoms with Crippen LogP contribution in [-0.4, -0.2) is 9.13 Å². The highest BCUT2D eigenvalue weighted by atomic mass is 127. The van der Waals surface area contributed by atoms with Crippen LogP contribution in [0.3, 0.4) is 0 Å². The summed E-state index contributed by atoms with van der Waals surface area (Å²) in [7, 11) is 0. The topological polar surface area (TPSA) is 9.86 Å². The molecule has 8 rings (SSSR count). The summed E-state index contributed by atoms with van der Waals surface area (Å²) in [6, 6.07) is 45.5. The van der Waals surface area contributed by atoms with Crippen LogP contribution in [0.2, 0.25) is 0 Å². The molecule has 0 spiro atoms. The molecule has 0 amide bonds. The molecule has 0 aliphatic carbocycles. The average molecular weight is 681 g/mol. The zero-order valence-electron chi connectivity index (χ0n) is 25.2. The van der Waals surface area contributed by atoms with E-state index in [1.54, 1.807) is 0 Å². The van der Waals surface area contributed by atoms with Gasteiger partial charge in [-0.15, -0.1) is 0 Å². The SMILES string of the molecule is Cc1ccc2c(c1)c1cc(C)ccc1n2-c1ccc(Cc2ccc(-n3c4ccc(C)cc4c4cc(CI)ccc43)cc2)cc1. The van der Waals surface area contributed by atoms with Gasteiger partial charge in [0.15, 0.2) is 0 Å². The van der Waals surface area contributed by atoms with Crippen molar-refractivity contribution in [3.05, 3.63) is 155 Å². The van der Waals surface area contributed by atoms with Crippen LogP contribution in [0.4, 0.5) is 0 Å². The molecule has 0 unspecified atom stereocenters. The normalized spacial score (nSPS) is 11.8. The Bertz CT molecular complexity index is 2290. The van der Waals surface area contributed by atoms with Crippen LogP contribution in [0.5, 0.6) is 0 Å². The van der Waals surface area contributed by atoms with Gasteiger partial charge in [-0.3, -0.25) is 0 Å². The van der Waals surface area contributed by atoms with E-state index in [1.807, 2.05) is 0 Å². The Balaban J connectivity index is 1.12. The van der Waals surface area contributed by atoms with Crippen molar-refractivity contribution in [2.75, 3.05) is 0 Å². The average Bonchev–Trinajstić information content (AvgIpc) is 3.53. The Labute approximate surface area is 271 Å². The number of fused-ring (bicyclic) bond motifs is 6. The Morgan fingerprint density at radius 1 is 0.409 bits per heavy atom. The first-order valence-corrected chi connectivity index (χ1v) is 16.8. The number of hydrogen-bond donors (Lipinski definition) is 0. The number of aryl methyl sites for hydroxylation is 3. The third kappa shape index (κ3) is 4.53. The van der Waals surface area contributed by atoms with E-state index in [4.69, 9.17) is 0 Å². The van der Waals surface area contributed by atoms with Gasteiger partial charge in [0, 0.05) is 37.3 Å². The van der Waals surface area contributed by atoms with Gasteiger partial charge in [-0.2, -0.15) is 0 Å². The molecule has 0 aliphatic rings. The molecule has 0 radical (unpaired) electrons. The molecule has 0 fully saturated rings. The molecule has 0 bridgehead atoms. The lowest BCUT2D eigenvalue weighted by Gasteiger charge is -2.11. The summed E-state index contributed by atoms with van der Waals surface area (Å²) in [5, 5.41) is 5.29. The number of benzene rings is 6. The molecule has 0 aliphatic heterocycles. The maximum atomic E-state index is 2.45. The van der Waals surface area contributed by atoms with E-state index < -0.39 is 0 Å². The number of hydrogen-bond acceptors (Lipinski definition) is 0. The molecule has 2 aromatic heterocycles. The molecule has 0 atom stereocenters. The van der Waals surface area contributed by atoms with Crippen molar-refractivity contribution in [3.8, 4) is 11.4 Å². The molecule has 3 heteroatoms. The van der Waals surface area contributed by atoms with Gasteiger partial charge >= 0.3 is 0 Å². The monoisotopic (exact) mass is 680 g/mol. The molecule has 2 heterocycles. The largest absolute Gasteiger partial charge is 0.309 e. The standard InChI is InChI=1S/C41H33IN2/c1-26-4-16-38-34(20-26)35-21-27(2)5-17-39(35)43(38)32-12-7-29(8-13-32)23-30-9-14-33(15-10-30)44-40-18-6-28(3)22-36(40)37-24-31(25-42)11-19-41(37)44/h4-22,24H,23,25H2,1-3H3. The van der Waals surface area contributed by atoms with Crippen molar-refractivity contribution in [1.82, 2.24) is 9.13 Å². The third-order valence-electron chi connectivity index (χ3n) is 9.01. The molecular weight excluding hydrogens is 647 g/mol. The van der Waals surface area contributed by atoms with Gasteiger partial charge in [0.05, 0.1) is 22.1 Å². The summed E-state index contributed by atoms with van der Waals surface area (Å²) in [5.74, 6) is 0. The van der Waals surface area contributed by atoms with Crippen LogP contribution in [0.1, 0.15) is 33.4 Å². The highest BCUT2D eigenvalue weighted by Gasteiger charge is 2.15. The van der Waals surface area contributed by atoms with E-state index in [-0.39, 0.29) is 0 Å². The van der Waals surface area contributed by atoms with E-state index in [9.17, 15) is 0 Å². The molecule has 214 valence electrons. The van der Waals surface area contributed by atoms with Gasteiger partial charge in [0.2, 0.25) is 0 Å². The number of nitrogens with zero attached hydrogens (tertiary/aromatic N) is 2. The van der Waals surface area contributed by atoms with Gasteiger partial charge in [-0.05, 0) is 117 Å². The van der Waals surface area contributed by atoms with E-state index in [2.05, 4.69) is 174 Å². The zero-order chi connectivity index (χ0) is 29.9. The summed E-state index contributed by atoms with van der Waals surface area (Å²) in [6.45, 7) is 6.52. The summed E-state index contributed by atoms with van der Waals surface area (Å²) in [5.41, 5.74) is 15.3. The first kappa shape index (κ1) is 27.2. The van der Waals surface area contributed by atoms with Gasteiger partial charge in [0.25, 0.3) is 0 Å². The minimum Gasteiger partial charge on any atom is -0.309 e. The second kappa shape index (κ2) is 10.7. The fraction of sp³-hybridized carbons (Fsp3) is 0.122. The number of alkyl halides is 1. The first-order valence-electron chi connectivity index (χ1n) is 15.3. The van der Waals surface area contributed by atoms with Crippen LogP contribution in [0.25, 0.3) is 55.0 Å². The smallest absolute Gasteiger partial charge is 0.0541 e. The van der Waals surface area contributed by atoms with Crippen molar-refractivity contribution < 1.29 is 0 Å². The predicted molar refractivity (Wildman–Crippen MR) is 196 cm³/mol. The van der Waals surface area contributed by atoms with E-state index in [0.717, 1.165) is 10.8 Å². The summed E-state index contributed by atoms with van der Waals surface area (Å²) >= 11 is 2.45. The maximum Gasteiger partial charge on any atom is 0.0541 e. The number of halogens is 1. The van der Waals surface area contributed by atoms with E-state index in [1.165, 1.54) is 88.4 Å². The number of rotatable bonds is 5. The summed E-state index contributed by atoms with van der Waals surface area (Å²) in [6.07, 6.45) is 0.900. The minimum atomic E-state index is 0.900. The van der Waals surface area contributed by atoms with Gasteiger partial charge in [0.1, 0.15) is 0 Å². The van der Waals surface area contributed by atoms with Gasteiger partial charge in [-0.25, -0.2) is 0 Å². The molecule has 6 aromatic carbocycles. The van der Waals surface area contributed by atoms with Gasteiger partial charge < -0.3 is 9.13 Å². The Morgan fingerprint density at radius 3 is 1.14 bits per heavy atom. The summed E-state index contributed by atoms with van der Waals surface area (Å²) in [4.78, 5) is 0. The molecule has 0 N–H and O–H groups in total. The second-order valence-corrected chi connectivity index (χ2v) is 13.0. The quantitative estimate of drug-likeness (QED) is 0.127. The maximum absolute atomic E-state index is 2.45. The zero-order valence-corrected chi connectivity index (χ0v) is 27.4. The van der Waals surface area contributed by atoms with Gasteiger partial charge in [-0.1, -0.05) is 87.8 Å². The molecule has 2 nitrogen and oxygen atoms in total. The lowest BCUT2D eigenvalue weighted by molar-refractivity contribution is 1.13. The third-order valence-corrected chi connectivity index (χ3v) is 9.89. The van der Waals surface area contributed by atoms with Crippen molar-refractivity contribution >= 4 is 66.2 Å². The first-order chi connectivity index (χ1) is 21.5. The van der Waals surface area contributed by atoms with Crippen LogP contribution < -0.4 is 0 Å². The van der Waals surface area contributed by atoms with E-state index in [0.29, 0.717) is 0 Å². The minimum absolute atomic E-state index is 0.900. The fourth-order valence-electron chi connectivity index (χ4n) is 6.84. The molecular formula is C41H33IN2. The van der Waals surface area contributed by atoms with E-state index >= 15 is 0 Å². The lowest BCUT2D eigenvalue weighted by Crippen LogP contribution is -1.96. The molecule has 44 heavy (non-hydrogen) atoms. The summed E-state index contributed by atoms with van der Waals surface area (Å²) < 4.78 is 5.83. The molecule has 8 aromatic rings. The van der Waals surface area contributed by atoms with Crippen LogP contribution >= 0.6 is 22.6 Å². The predicted octanol–water partition coefficient (Wildman–Crippen LogP) is 11.3. The highest BCUT2D eigenvalue weighted by molar-refractivity contribution is 14.1. The fourth-order valence-corrected chi connectivity index (χ4v) is 7.31. The van der Waals surface area contributed by atoms with Crippen molar-refractivity contribution in [1.29, 1.82) is 0 Å². The van der Waals surface area contributed by atoms with Crippen LogP contribution in [-0.2, 0) is 10.8 Å². The molecule has 0 saturated carbocycles. The number of aromatic nitrogens is 2.